The van der Waals surface area contributed by atoms with Crippen molar-refractivity contribution in [3.63, 3.8) is 0 Å². The molecule has 0 radical (unpaired) electrons. The molecular weight excluding hydrogens is 427 g/mol. The number of ether oxygens (including phenoxy) is 1. The highest BCUT2D eigenvalue weighted by molar-refractivity contribution is 6.31. The molecule has 0 saturated heterocycles. The summed E-state index contributed by atoms with van der Waals surface area (Å²) in [5.41, 5.74) is 3.57. The van der Waals surface area contributed by atoms with E-state index in [1.54, 1.807) is 43.3 Å². The van der Waals surface area contributed by atoms with Gasteiger partial charge in [0.05, 0.1) is 6.61 Å². The minimum Gasteiger partial charge on any atom is -0.494 e. The molecule has 1 amide bonds. The van der Waals surface area contributed by atoms with E-state index in [0.29, 0.717) is 35.1 Å². The van der Waals surface area contributed by atoms with Crippen molar-refractivity contribution in [2.75, 3.05) is 11.9 Å². The lowest BCUT2D eigenvalue weighted by molar-refractivity contribution is -0.112. The molecular formula is C26H22ClFN2O2. The van der Waals surface area contributed by atoms with Gasteiger partial charge in [0.15, 0.2) is 0 Å². The molecule has 3 rings (SSSR count). The Morgan fingerprint density at radius 3 is 2.69 bits per heavy atom. The van der Waals surface area contributed by atoms with Crippen LogP contribution in [0.15, 0.2) is 66.2 Å². The molecule has 0 aromatic heterocycles. The van der Waals surface area contributed by atoms with Crippen LogP contribution in [0.3, 0.4) is 0 Å². The summed E-state index contributed by atoms with van der Waals surface area (Å²) in [6.45, 7) is 4.11. The van der Waals surface area contributed by atoms with Crippen molar-refractivity contribution >= 4 is 29.3 Å². The summed E-state index contributed by atoms with van der Waals surface area (Å²) < 4.78 is 19.3. The summed E-state index contributed by atoms with van der Waals surface area (Å²) in [5.74, 6) is -0.201. The molecule has 0 aliphatic carbocycles. The van der Waals surface area contributed by atoms with Crippen LogP contribution in [0.5, 0.6) is 5.75 Å². The predicted octanol–water partition coefficient (Wildman–Crippen LogP) is 6.32. The first kappa shape index (κ1) is 23.1. The van der Waals surface area contributed by atoms with Crippen LogP contribution in [-0.2, 0) is 11.2 Å². The largest absolute Gasteiger partial charge is 0.494 e. The standard InChI is InChI=1S/C26H22ClFN2O2/c1-3-32-25-15-19(10-11-20(25)12-18-6-4-7-22(28)14-18)13-21(16-29)26(31)30-24-9-5-8-23(27)17(24)2/h4-11,13-15H,3,12H2,1-2H3,(H,30,31)/b21-13+. The van der Waals surface area contributed by atoms with E-state index in [1.165, 1.54) is 18.2 Å². The van der Waals surface area contributed by atoms with Crippen LogP contribution in [-0.4, -0.2) is 12.5 Å². The smallest absolute Gasteiger partial charge is 0.266 e. The number of hydrogen-bond acceptors (Lipinski definition) is 3. The molecule has 0 bridgehead atoms. The molecule has 0 saturated carbocycles. The fourth-order valence-electron chi connectivity index (χ4n) is 3.21. The Labute approximate surface area is 191 Å². The zero-order chi connectivity index (χ0) is 23.1. The second-order valence-corrected chi connectivity index (χ2v) is 7.55. The maximum absolute atomic E-state index is 13.5. The Hall–Kier alpha value is -3.62. The Balaban J connectivity index is 1.86. The van der Waals surface area contributed by atoms with E-state index in [-0.39, 0.29) is 11.4 Å². The zero-order valence-electron chi connectivity index (χ0n) is 17.8. The Kier molecular flexibility index (Phi) is 7.64. The van der Waals surface area contributed by atoms with Crippen LogP contribution in [0.1, 0.15) is 29.2 Å². The molecule has 0 heterocycles. The van der Waals surface area contributed by atoms with Gasteiger partial charge in [0.1, 0.15) is 23.2 Å². The molecule has 6 heteroatoms. The molecule has 0 unspecified atom stereocenters. The van der Waals surface area contributed by atoms with Gasteiger partial charge < -0.3 is 10.1 Å². The van der Waals surface area contributed by atoms with Crippen LogP contribution in [0.2, 0.25) is 5.02 Å². The molecule has 0 spiro atoms. The summed E-state index contributed by atoms with van der Waals surface area (Å²) >= 11 is 6.10. The van der Waals surface area contributed by atoms with Crippen LogP contribution in [0.25, 0.3) is 6.08 Å². The number of nitriles is 1. The summed E-state index contributed by atoms with van der Waals surface area (Å²) in [7, 11) is 0. The second kappa shape index (κ2) is 10.6. The lowest BCUT2D eigenvalue weighted by Gasteiger charge is -2.12. The van der Waals surface area contributed by atoms with E-state index in [1.807, 2.05) is 25.1 Å². The predicted molar refractivity (Wildman–Crippen MR) is 125 cm³/mol. The van der Waals surface area contributed by atoms with Crippen LogP contribution in [0, 0.1) is 24.1 Å². The summed E-state index contributed by atoms with van der Waals surface area (Å²) in [5, 5.41) is 12.8. The van der Waals surface area contributed by atoms with Gasteiger partial charge in [-0.05, 0) is 72.5 Å². The number of halogens is 2. The monoisotopic (exact) mass is 448 g/mol. The van der Waals surface area contributed by atoms with Gasteiger partial charge in [-0.25, -0.2) is 4.39 Å². The number of nitrogens with one attached hydrogen (secondary N) is 1. The van der Waals surface area contributed by atoms with Gasteiger partial charge in [0, 0.05) is 17.1 Å². The second-order valence-electron chi connectivity index (χ2n) is 7.14. The normalized spacial score (nSPS) is 11.0. The molecule has 4 nitrogen and oxygen atoms in total. The number of carbonyl (C=O) groups is 1. The molecule has 0 fully saturated rings. The fraction of sp³-hybridized carbons (Fsp3) is 0.154. The first-order valence-corrected chi connectivity index (χ1v) is 10.5. The highest BCUT2D eigenvalue weighted by Crippen LogP contribution is 2.26. The number of amides is 1. The van der Waals surface area contributed by atoms with Crippen LogP contribution >= 0.6 is 11.6 Å². The van der Waals surface area contributed by atoms with Crippen molar-refractivity contribution in [2.45, 2.75) is 20.3 Å². The number of anilines is 1. The molecule has 162 valence electrons. The van der Waals surface area contributed by atoms with E-state index < -0.39 is 5.91 Å². The number of benzene rings is 3. The van der Waals surface area contributed by atoms with Crippen molar-refractivity contribution in [1.82, 2.24) is 0 Å². The third-order valence-electron chi connectivity index (χ3n) is 4.87. The highest BCUT2D eigenvalue weighted by atomic mass is 35.5. The van der Waals surface area contributed by atoms with Gasteiger partial charge in [0.2, 0.25) is 0 Å². The lowest BCUT2D eigenvalue weighted by atomic mass is 10.0. The molecule has 0 aliphatic rings. The zero-order valence-corrected chi connectivity index (χ0v) is 18.5. The average Bonchev–Trinajstić information content (AvgIpc) is 2.77. The van der Waals surface area contributed by atoms with Gasteiger partial charge in [-0.2, -0.15) is 5.26 Å². The summed E-state index contributed by atoms with van der Waals surface area (Å²) in [4.78, 5) is 12.7. The van der Waals surface area contributed by atoms with E-state index in [4.69, 9.17) is 16.3 Å². The molecule has 32 heavy (non-hydrogen) atoms. The van der Waals surface area contributed by atoms with Crippen molar-refractivity contribution in [1.29, 1.82) is 5.26 Å². The SMILES string of the molecule is CCOc1cc(/C=C(\C#N)C(=O)Nc2cccc(Cl)c2C)ccc1Cc1cccc(F)c1. The van der Waals surface area contributed by atoms with Crippen LogP contribution < -0.4 is 10.1 Å². The van der Waals surface area contributed by atoms with Crippen molar-refractivity contribution < 1.29 is 13.9 Å². The fourth-order valence-corrected chi connectivity index (χ4v) is 3.39. The van der Waals surface area contributed by atoms with E-state index in [2.05, 4.69) is 5.32 Å². The third kappa shape index (κ3) is 5.75. The van der Waals surface area contributed by atoms with Gasteiger partial charge in [0.25, 0.3) is 5.91 Å². The molecule has 0 atom stereocenters. The van der Waals surface area contributed by atoms with E-state index >= 15 is 0 Å². The molecule has 3 aromatic carbocycles. The Morgan fingerprint density at radius 1 is 1.19 bits per heavy atom. The van der Waals surface area contributed by atoms with Gasteiger partial charge in [-0.3, -0.25) is 4.79 Å². The van der Waals surface area contributed by atoms with E-state index in [9.17, 15) is 14.4 Å². The summed E-state index contributed by atoms with van der Waals surface area (Å²) in [6, 6.07) is 19.0. The van der Waals surface area contributed by atoms with Crippen molar-refractivity contribution in [3.05, 3.63) is 99.3 Å². The number of nitrogens with zero attached hydrogens (tertiary/aromatic N) is 1. The van der Waals surface area contributed by atoms with Gasteiger partial charge in [-0.1, -0.05) is 41.9 Å². The minimum absolute atomic E-state index is 0.0512. The topological polar surface area (TPSA) is 62.1 Å². The first-order valence-electron chi connectivity index (χ1n) is 10.1. The number of rotatable bonds is 7. The Bertz CT molecular complexity index is 1210. The molecule has 3 aromatic rings. The molecule has 0 aliphatic heterocycles. The maximum atomic E-state index is 13.5. The maximum Gasteiger partial charge on any atom is 0.266 e. The number of carbonyl (C=O) groups excluding carboxylic acids is 1. The van der Waals surface area contributed by atoms with Crippen LogP contribution in [0.4, 0.5) is 10.1 Å². The van der Waals surface area contributed by atoms with Crippen molar-refractivity contribution in [3.8, 4) is 11.8 Å². The van der Waals surface area contributed by atoms with Crippen molar-refractivity contribution in [2.24, 2.45) is 0 Å². The first-order chi connectivity index (χ1) is 15.4. The van der Waals surface area contributed by atoms with E-state index in [0.717, 1.165) is 16.7 Å². The Morgan fingerprint density at radius 2 is 1.97 bits per heavy atom. The average molecular weight is 449 g/mol. The lowest BCUT2D eigenvalue weighted by Crippen LogP contribution is -2.14. The molecule has 1 N–H and O–H groups in total. The minimum atomic E-state index is -0.528. The van der Waals surface area contributed by atoms with Gasteiger partial charge >= 0.3 is 0 Å². The quantitative estimate of drug-likeness (QED) is 0.339. The summed E-state index contributed by atoms with van der Waals surface area (Å²) in [6.07, 6.45) is 2.00. The number of hydrogen-bond donors (Lipinski definition) is 1. The van der Waals surface area contributed by atoms with Gasteiger partial charge in [-0.15, -0.1) is 0 Å². The third-order valence-corrected chi connectivity index (χ3v) is 5.28. The highest BCUT2D eigenvalue weighted by Gasteiger charge is 2.13.